The molecule has 0 atom stereocenters. The molecule has 59 heavy (non-hydrogen) atoms. The number of amides is 2. The van der Waals surface area contributed by atoms with Crippen LogP contribution in [0.4, 0.5) is 11.4 Å². The number of ether oxygens (including phenoxy) is 2. The van der Waals surface area contributed by atoms with E-state index in [0.29, 0.717) is 61.1 Å². The van der Waals surface area contributed by atoms with Crippen molar-refractivity contribution < 1.29 is 38.9 Å². The molecule has 316 valence electrons. The van der Waals surface area contributed by atoms with Crippen LogP contribution in [0.1, 0.15) is 65.0 Å². The zero-order chi connectivity index (χ0) is 43.6. The highest BCUT2D eigenvalue weighted by Crippen LogP contribution is 2.39. The highest BCUT2D eigenvalue weighted by atomic mass is 79.9. The molecule has 0 heterocycles. The molecule has 0 bridgehead atoms. The predicted molar refractivity (Wildman–Crippen MR) is 245 cm³/mol. The van der Waals surface area contributed by atoms with Gasteiger partial charge in [-0.2, -0.15) is 0 Å². The Morgan fingerprint density at radius 3 is 1.41 bits per heavy atom. The zero-order valence-corrected chi connectivity index (χ0v) is 40.5. The molecule has 1 fully saturated rings. The Kier molecular flexibility index (Phi) is 18.8. The van der Waals surface area contributed by atoms with Crippen molar-refractivity contribution in [1.29, 1.82) is 0 Å². The summed E-state index contributed by atoms with van der Waals surface area (Å²) in [5.41, 5.74) is 3.50. The highest BCUT2D eigenvalue weighted by molar-refractivity contribution is 9.11. The van der Waals surface area contributed by atoms with E-state index in [0.717, 1.165) is 29.8 Å². The first-order valence-electron chi connectivity index (χ1n) is 17.5. The van der Waals surface area contributed by atoms with Gasteiger partial charge in [0.25, 0.3) is 11.8 Å². The van der Waals surface area contributed by atoms with Crippen molar-refractivity contribution in [3.63, 3.8) is 0 Å². The number of carboxylic acids is 2. The van der Waals surface area contributed by atoms with Crippen LogP contribution in [0, 0.1) is 0 Å². The number of anilines is 2. The first kappa shape index (κ1) is 48.7. The molecular formula is C39H36Br4Cl4N4O8. The van der Waals surface area contributed by atoms with Gasteiger partial charge in [-0.1, -0.05) is 46.4 Å². The Balaban J connectivity index is 0.000000261. The van der Waals surface area contributed by atoms with Crippen molar-refractivity contribution in [2.75, 3.05) is 23.7 Å². The SMILES string of the molecule is CC(C)Nc1cc(Cl)cc(COc2c(Br)cc(C(=O)NCC(=O)O)cc2Br)c1Cl.O=C(O)CNC(=O)c1cc(Br)c(OCc2cc(Cl)cc(NC3CCC3)c2Cl)c(Br)c1. The molecule has 1 aliphatic rings. The molecule has 0 radical (unpaired) electrons. The van der Waals surface area contributed by atoms with Crippen LogP contribution in [-0.2, 0) is 22.8 Å². The summed E-state index contributed by atoms with van der Waals surface area (Å²) in [6, 6.07) is 13.8. The molecule has 1 aliphatic carbocycles. The molecule has 0 saturated heterocycles. The lowest BCUT2D eigenvalue weighted by Crippen LogP contribution is -2.29. The van der Waals surface area contributed by atoms with Crippen LogP contribution in [-0.4, -0.2) is 59.1 Å². The number of hydrogen-bond donors (Lipinski definition) is 6. The minimum Gasteiger partial charge on any atom is -0.486 e. The molecule has 0 aliphatic heterocycles. The summed E-state index contributed by atoms with van der Waals surface area (Å²) < 4.78 is 13.9. The van der Waals surface area contributed by atoms with Crippen molar-refractivity contribution in [2.45, 2.75) is 58.4 Å². The van der Waals surface area contributed by atoms with Crippen molar-refractivity contribution in [2.24, 2.45) is 0 Å². The molecule has 20 heteroatoms. The third kappa shape index (κ3) is 14.6. The number of nitrogens with one attached hydrogen (secondary N) is 4. The van der Waals surface area contributed by atoms with Crippen LogP contribution in [0.3, 0.4) is 0 Å². The number of halogens is 8. The summed E-state index contributed by atoms with van der Waals surface area (Å²) in [5.74, 6) is -2.31. The fourth-order valence-electron chi connectivity index (χ4n) is 5.27. The van der Waals surface area contributed by atoms with Crippen LogP contribution in [0.2, 0.25) is 20.1 Å². The van der Waals surface area contributed by atoms with Gasteiger partial charge in [0, 0.05) is 44.4 Å². The summed E-state index contributed by atoms with van der Waals surface area (Å²) >= 11 is 39.0. The van der Waals surface area contributed by atoms with Crippen LogP contribution < -0.4 is 30.7 Å². The Morgan fingerprint density at radius 2 is 1.05 bits per heavy atom. The largest absolute Gasteiger partial charge is 0.486 e. The van der Waals surface area contributed by atoms with Crippen LogP contribution in [0.5, 0.6) is 11.5 Å². The topological polar surface area (TPSA) is 175 Å². The van der Waals surface area contributed by atoms with Gasteiger partial charge in [-0.25, -0.2) is 0 Å². The monoisotopic (exact) mass is 1140 g/mol. The molecule has 6 N–H and O–H groups in total. The van der Waals surface area contributed by atoms with Crippen LogP contribution in [0.15, 0.2) is 66.4 Å². The number of benzene rings is 4. The lowest BCUT2D eigenvalue weighted by Gasteiger charge is -2.28. The number of aliphatic carboxylic acids is 2. The van der Waals surface area contributed by atoms with E-state index in [-0.39, 0.29) is 30.4 Å². The highest BCUT2D eigenvalue weighted by Gasteiger charge is 2.21. The normalized spacial score (nSPS) is 12.1. The van der Waals surface area contributed by atoms with Gasteiger partial charge in [0.05, 0.1) is 39.3 Å². The lowest BCUT2D eigenvalue weighted by atomic mass is 9.93. The first-order chi connectivity index (χ1) is 27.8. The van der Waals surface area contributed by atoms with Gasteiger partial charge in [0.2, 0.25) is 0 Å². The quantitative estimate of drug-likeness (QED) is 0.0633. The molecule has 0 aromatic heterocycles. The van der Waals surface area contributed by atoms with E-state index in [1.54, 1.807) is 42.5 Å². The van der Waals surface area contributed by atoms with E-state index in [9.17, 15) is 19.2 Å². The average Bonchev–Trinajstić information content (AvgIpc) is 3.13. The number of carboxylic acid groups (broad SMARTS) is 2. The van der Waals surface area contributed by atoms with Crippen molar-refractivity contribution in [3.05, 3.63) is 109 Å². The molecule has 4 aromatic carbocycles. The maximum Gasteiger partial charge on any atom is 0.322 e. The Bertz CT molecular complexity index is 2180. The molecular weight excluding hydrogens is 1110 g/mol. The van der Waals surface area contributed by atoms with Gasteiger partial charge in [-0.3, -0.25) is 19.2 Å². The maximum atomic E-state index is 12.1. The van der Waals surface area contributed by atoms with E-state index in [1.165, 1.54) is 6.42 Å². The fraction of sp³-hybridized carbons (Fsp3) is 0.282. The summed E-state index contributed by atoms with van der Waals surface area (Å²) in [5, 5.41) is 30.8. The fourth-order valence-corrected chi connectivity index (χ4v) is 9.02. The second-order valence-corrected chi connectivity index (χ2v) is 18.2. The summed E-state index contributed by atoms with van der Waals surface area (Å²) in [6.07, 6.45) is 3.43. The standard InChI is InChI=1S/C20H18Br2Cl2N2O4.C19H18Br2Cl2N2O4/c21-14-5-10(20(29)25-8-17(27)28)6-15(22)19(14)30-9-11-4-12(23)7-16(18(11)24)26-13-2-1-3-13;1-9(2)25-15-6-12(22)3-11(17(15)23)8-29-18-13(20)4-10(5-14(18)21)19(28)24-7-16(26)27/h4-7,13,26H,1-3,8-9H2,(H,25,29)(H,27,28);3-6,9,25H,7-8H2,1-2H3,(H,24,28)(H,26,27). The smallest absolute Gasteiger partial charge is 0.322 e. The summed E-state index contributed by atoms with van der Waals surface area (Å²) in [7, 11) is 0. The molecule has 4 aromatic rings. The molecule has 12 nitrogen and oxygen atoms in total. The lowest BCUT2D eigenvalue weighted by molar-refractivity contribution is -0.136. The van der Waals surface area contributed by atoms with Crippen molar-refractivity contribution in [1.82, 2.24) is 10.6 Å². The zero-order valence-electron chi connectivity index (χ0n) is 31.1. The van der Waals surface area contributed by atoms with Crippen LogP contribution >= 0.6 is 110 Å². The number of carbonyl (C=O) groups excluding carboxylic acids is 2. The number of carbonyl (C=O) groups is 4. The maximum absolute atomic E-state index is 12.1. The molecule has 0 unspecified atom stereocenters. The van der Waals surface area contributed by atoms with Crippen molar-refractivity contribution >= 4 is 145 Å². The Labute approximate surface area is 393 Å². The molecule has 2 amide bonds. The second-order valence-electron chi connectivity index (χ2n) is 13.2. The third-order valence-electron chi connectivity index (χ3n) is 8.20. The van der Waals surface area contributed by atoms with Gasteiger partial charge in [0.1, 0.15) is 37.8 Å². The minimum absolute atomic E-state index is 0.147. The van der Waals surface area contributed by atoms with Crippen LogP contribution in [0.25, 0.3) is 0 Å². The first-order valence-corrected chi connectivity index (χ1v) is 22.2. The van der Waals surface area contributed by atoms with Gasteiger partial charge >= 0.3 is 11.9 Å². The number of hydrogen-bond acceptors (Lipinski definition) is 8. The predicted octanol–water partition coefficient (Wildman–Crippen LogP) is 11.6. The van der Waals surface area contributed by atoms with Gasteiger partial charge < -0.3 is 41.0 Å². The summed E-state index contributed by atoms with van der Waals surface area (Å²) in [4.78, 5) is 45.4. The number of rotatable bonds is 16. The summed E-state index contributed by atoms with van der Waals surface area (Å²) in [6.45, 7) is 3.38. The second kappa shape index (κ2) is 22.8. The van der Waals surface area contributed by atoms with Gasteiger partial charge in [-0.15, -0.1) is 0 Å². The van der Waals surface area contributed by atoms with Gasteiger partial charge in [0.15, 0.2) is 0 Å². The van der Waals surface area contributed by atoms with E-state index in [4.69, 9.17) is 66.1 Å². The Hall–Kier alpha value is -2.96. The molecule has 0 spiro atoms. The van der Waals surface area contributed by atoms with E-state index >= 15 is 0 Å². The average molecular weight is 1150 g/mol. The van der Waals surface area contributed by atoms with E-state index in [2.05, 4.69) is 85.0 Å². The minimum atomic E-state index is -1.12. The molecule has 5 rings (SSSR count). The van der Waals surface area contributed by atoms with Gasteiger partial charge in [-0.05, 0) is 145 Å². The van der Waals surface area contributed by atoms with E-state index in [1.807, 2.05) is 19.9 Å². The molecule has 1 saturated carbocycles. The third-order valence-corrected chi connectivity index (χ3v) is 11.9. The van der Waals surface area contributed by atoms with E-state index < -0.39 is 36.8 Å². The van der Waals surface area contributed by atoms with Crippen molar-refractivity contribution in [3.8, 4) is 11.5 Å². The Morgan fingerprint density at radius 1 is 0.661 bits per heavy atom.